The van der Waals surface area contributed by atoms with Crippen molar-refractivity contribution in [3.8, 4) is 28.7 Å². The lowest BCUT2D eigenvalue weighted by atomic mass is 10.1. The number of hydrogen-bond donors (Lipinski definition) is 0. The van der Waals surface area contributed by atoms with Crippen LogP contribution in [0.2, 0.25) is 0 Å². The summed E-state index contributed by atoms with van der Waals surface area (Å²) in [6.07, 6.45) is 0. The molecule has 1 heterocycles. The smallest absolute Gasteiger partial charge is 0.129 e. The van der Waals surface area contributed by atoms with Gasteiger partial charge >= 0.3 is 0 Å². The molecule has 0 saturated carbocycles. The van der Waals surface area contributed by atoms with Gasteiger partial charge in [-0.25, -0.2) is 0 Å². The highest BCUT2D eigenvalue weighted by Gasteiger charge is 2.24. The van der Waals surface area contributed by atoms with Crippen molar-refractivity contribution in [1.29, 1.82) is 0 Å². The molecule has 1 aromatic heterocycles. The van der Waals surface area contributed by atoms with Gasteiger partial charge in [0, 0.05) is 79.8 Å². The fraction of sp³-hybridized carbons (Fsp3) is 0. The Balaban J connectivity index is 0.965. The molecule has 7 heteroatoms. The number of nitrogens with zero attached hydrogens (tertiary/aromatic N) is 5. The molecule has 0 amide bonds. The fourth-order valence-electron chi connectivity index (χ4n) is 11.4. The van der Waals surface area contributed by atoms with E-state index in [9.17, 15) is 0 Å². The predicted octanol–water partition coefficient (Wildman–Crippen LogP) is 22.2. The van der Waals surface area contributed by atoms with Gasteiger partial charge in [0.05, 0.1) is 28.1 Å². The Bertz CT molecular complexity index is 4270. The van der Waals surface area contributed by atoms with Gasteiger partial charge in [0.2, 0.25) is 0 Å². The second kappa shape index (κ2) is 23.5. The average molecular weight is 1100 g/mol. The van der Waals surface area contributed by atoms with E-state index in [1.807, 2.05) is 72.8 Å². The van der Waals surface area contributed by atoms with Crippen molar-refractivity contribution < 1.29 is 9.47 Å². The summed E-state index contributed by atoms with van der Waals surface area (Å²) in [5.41, 5.74) is 15.0. The summed E-state index contributed by atoms with van der Waals surface area (Å²) < 4.78 is 15.3. The van der Waals surface area contributed by atoms with E-state index >= 15 is 0 Å². The summed E-state index contributed by atoms with van der Waals surface area (Å²) in [4.78, 5) is 9.34. The third-order valence-electron chi connectivity index (χ3n) is 15.1. The summed E-state index contributed by atoms with van der Waals surface area (Å²) in [5, 5.41) is 2.37. The van der Waals surface area contributed by atoms with E-state index < -0.39 is 0 Å². The first kappa shape index (κ1) is 51.6. The van der Waals surface area contributed by atoms with Crippen molar-refractivity contribution in [2.75, 3.05) is 19.6 Å². The molecule has 7 nitrogen and oxygen atoms in total. The Kier molecular flexibility index (Phi) is 14.3. The van der Waals surface area contributed by atoms with Crippen LogP contribution in [0.25, 0.3) is 27.5 Å². The van der Waals surface area contributed by atoms with Gasteiger partial charge in [-0.2, -0.15) is 0 Å². The Hall–Kier alpha value is -11.5. The second-order valence-electron chi connectivity index (χ2n) is 20.6. The van der Waals surface area contributed by atoms with Crippen LogP contribution < -0.4 is 29.1 Å². The lowest BCUT2D eigenvalue weighted by Crippen LogP contribution is -2.16. The molecule has 14 rings (SSSR count). The van der Waals surface area contributed by atoms with Crippen molar-refractivity contribution >= 4 is 90.1 Å². The molecule has 0 fully saturated rings. The van der Waals surface area contributed by atoms with Crippen LogP contribution in [0.3, 0.4) is 0 Å². The van der Waals surface area contributed by atoms with Crippen LogP contribution in [0.4, 0.5) is 68.2 Å². The topological polar surface area (TPSA) is 36.4 Å². The van der Waals surface area contributed by atoms with Crippen molar-refractivity contribution in [2.24, 2.45) is 0 Å². The van der Waals surface area contributed by atoms with Crippen LogP contribution in [0.15, 0.2) is 346 Å². The van der Waals surface area contributed by atoms with Gasteiger partial charge in [-0.05, 0) is 164 Å². The molecule has 0 saturated heterocycles. The summed E-state index contributed by atoms with van der Waals surface area (Å²) in [6, 6.07) is 121. The van der Waals surface area contributed by atoms with Crippen LogP contribution >= 0.6 is 0 Å². The zero-order chi connectivity index (χ0) is 56.7. The predicted molar refractivity (Wildman–Crippen MR) is 353 cm³/mol. The number of ether oxygens (including phenoxy) is 2. The SMILES string of the molecule is c1ccc(Oc2cccc(N(c3ccccc3)c3cccc(N(c4ccccc4)c4cc(N(c5ccccc5)c5cccc(N(c6ccccc6)c6cccc(Oc7ccccc7)c6)c5)cc(-n5c6ccccc6c6ccccc65)c4)c3)c2)cc1. The first-order valence-electron chi connectivity index (χ1n) is 28.6. The maximum atomic E-state index is 6.44. The summed E-state index contributed by atoms with van der Waals surface area (Å²) in [5.74, 6) is 3.03. The van der Waals surface area contributed by atoms with Crippen molar-refractivity contribution in [2.45, 2.75) is 0 Å². The monoisotopic (exact) mass is 1100 g/mol. The van der Waals surface area contributed by atoms with Gasteiger partial charge in [-0.15, -0.1) is 0 Å². The zero-order valence-corrected chi connectivity index (χ0v) is 46.5. The van der Waals surface area contributed by atoms with Crippen molar-refractivity contribution in [3.63, 3.8) is 0 Å². The number of benzene rings is 13. The van der Waals surface area contributed by atoms with Crippen LogP contribution in [-0.2, 0) is 0 Å². The zero-order valence-electron chi connectivity index (χ0n) is 46.5. The summed E-state index contributed by atoms with van der Waals surface area (Å²) in [7, 11) is 0. The van der Waals surface area contributed by atoms with E-state index in [0.29, 0.717) is 0 Å². The molecule has 0 bridgehead atoms. The number of hydrogen-bond acceptors (Lipinski definition) is 6. The minimum absolute atomic E-state index is 0.741. The minimum atomic E-state index is 0.741. The molecule has 0 aliphatic rings. The molecule has 85 heavy (non-hydrogen) atoms. The Morgan fingerprint density at radius 1 is 0.188 bits per heavy atom. The molecule has 14 aromatic rings. The molecule has 0 aliphatic carbocycles. The highest BCUT2D eigenvalue weighted by Crippen LogP contribution is 2.47. The van der Waals surface area contributed by atoms with Gasteiger partial charge in [0.25, 0.3) is 0 Å². The van der Waals surface area contributed by atoms with Crippen LogP contribution in [-0.4, -0.2) is 4.57 Å². The van der Waals surface area contributed by atoms with Gasteiger partial charge in [-0.1, -0.05) is 170 Å². The molecule has 0 radical (unpaired) electrons. The van der Waals surface area contributed by atoms with E-state index in [1.54, 1.807) is 0 Å². The lowest BCUT2D eigenvalue weighted by Gasteiger charge is -2.32. The van der Waals surface area contributed by atoms with E-state index in [-0.39, 0.29) is 0 Å². The molecule has 13 aromatic carbocycles. The Labute approximate surface area is 495 Å². The molecule has 0 unspecified atom stereocenters. The molecule has 0 atom stereocenters. The number of rotatable bonds is 17. The number of aromatic nitrogens is 1. The molecule has 0 N–H and O–H groups in total. The van der Waals surface area contributed by atoms with Crippen LogP contribution in [0.1, 0.15) is 0 Å². The number of para-hydroxylation sites is 8. The number of anilines is 12. The standard InChI is InChI=1S/C78H57N5O2/c1-7-27-58(28-8-1)79(66-39-25-45-73(56-66)84-71-41-15-5-16-42-71)62-35-23-37-64(51-62)81(60-31-11-3-12-32-60)68-53-69(55-70(54-68)83-77-49-21-19-47-75(77)76-48-20-22-50-78(76)83)82(61-33-13-4-14-34-61)65-38-24-36-63(52-65)80(59-29-9-2-10-30-59)67-40-26-46-74(57-67)85-72-43-17-6-18-44-72/h1-57H. The van der Waals surface area contributed by atoms with Crippen molar-refractivity contribution in [1.82, 2.24) is 4.57 Å². The van der Waals surface area contributed by atoms with E-state index in [1.165, 1.54) is 10.8 Å². The first-order chi connectivity index (χ1) is 42.1. The number of fused-ring (bicyclic) bond motifs is 3. The fourth-order valence-corrected chi connectivity index (χ4v) is 11.4. The van der Waals surface area contributed by atoms with Crippen LogP contribution in [0.5, 0.6) is 23.0 Å². The van der Waals surface area contributed by atoms with E-state index in [0.717, 1.165) is 108 Å². The first-order valence-corrected chi connectivity index (χ1v) is 28.6. The van der Waals surface area contributed by atoms with E-state index in [4.69, 9.17) is 9.47 Å². The maximum Gasteiger partial charge on any atom is 0.129 e. The molecular formula is C78H57N5O2. The summed E-state index contributed by atoms with van der Waals surface area (Å²) >= 11 is 0. The highest BCUT2D eigenvalue weighted by atomic mass is 16.5. The Morgan fingerprint density at radius 3 is 0.788 bits per heavy atom. The lowest BCUT2D eigenvalue weighted by molar-refractivity contribution is 0.482. The van der Waals surface area contributed by atoms with Gasteiger partial charge in [-0.3, -0.25) is 0 Å². The molecule has 406 valence electrons. The van der Waals surface area contributed by atoms with E-state index in [2.05, 4.69) is 297 Å². The highest BCUT2D eigenvalue weighted by molar-refractivity contribution is 6.09. The minimum Gasteiger partial charge on any atom is -0.457 e. The molecular weight excluding hydrogens is 1040 g/mol. The Morgan fingerprint density at radius 2 is 0.435 bits per heavy atom. The summed E-state index contributed by atoms with van der Waals surface area (Å²) in [6.45, 7) is 0. The third kappa shape index (κ3) is 10.8. The quantitative estimate of drug-likeness (QED) is 0.0904. The molecule has 0 aliphatic heterocycles. The van der Waals surface area contributed by atoms with Gasteiger partial charge < -0.3 is 33.6 Å². The molecule has 0 spiro atoms. The normalized spacial score (nSPS) is 11.1. The maximum absolute atomic E-state index is 6.44. The average Bonchev–Trinajstić information content (AvgIpc) is 2.59. The van der Waals surface area contributed by atoms with Crippen molar-refractivity contribution in [3.05, 3.63) is 346 Å². The van der Waals surface area contributed by atoms with Gasteiger partial charge in [0.1, 0.15) is 23.0 Å². The largest absolute Gasteiger partial charge is 0.457 e. The van der Waals surface area contributed by atoms with Crippen LogP contribution in [0, 0.1) is 0 Å². The van der Waals surface area contributed by atoms with Gasteiger partial charge in [0.15, 0.2) is 0 Å². The second-order valence-corrected chi connectivity index (χ2v) is 20.6. The third-order valence-corrected chi connectivity index (χ3v) is 15.1.